The van der Waals surface area contributed by atoms with E-state index in [0.29, 0.717) is 63.5 Å². The maximum atomic E-state index is 11.8. The van der Waals surface area contributed by atoms with E-state index in [4.69, 9.17) is 66.3 Å². The van der Waals surface area contributed by atoms with E-state index < -0.39 is 65.2 Å². The Bertz CT molecular complexity index is 3740. The van der Waals surface area contributed by atoms with Crippen molar-refractivity contribution in [3.05, 3.63) is 153 Å². The number of ether oxygens (including phenoxy) is 4. The number of aliphatic hydroxyl groups is 1. The Morgan fingerprint density at radius 2 is 0.861 bits per heavy atom. The molecule has 12 N–H and O–H groups in total. The Kier molecular flexibility index (Phi) is 52.0. The monoisotopic (exact) mass is 1920 g/mol. The molecule has 7 aromatic rings. The van der Waals surface area contributed by atoms with Gasteiger partial charge in [0.05, 0.1) is 32.9 Å². The molecule has 0 fully saturated rings. The Hall–Kier alpha value is -7.61. The van der Waals surface area contributed by atoms with Crippen LogP contribution in [0, 0.1) is 56.7 Å². The molecule has 0 spiro atoms. The van der Waals surface area contributed by atoms with Crippen molar-refractivity contribution in [1.82, 2.24) is 34.9 Å². The van der Waals surface area contributed by atoms with E-state index in [1.165, 1.54) is 63.9 Å². The van der Waals surface area contributed by atoms with Crippen molar-refractivity contribution in [2.75, 3.05) is 57.1 Å². The second kappa shape index (κ2) is 51.5. The Morgan fingerprint density at radius 3 is 1.22 bits per heavy atom. The number of hydrogen-bond acceptors (Lipinski definition) is 29. The molecule has 0 bridgehead atoms. The standard InChI is InChI=1S/C11H15BrN2O2.C11H17N3O2.C6H5BrN2O3.C6H7BrN2O.C5H2Br2N2O3.C5H3BrN2O3.C5H9ClO.C5H4N2O3.C2H6O.2Cu.H2O.O/c2*1-11(2,3)10(15)14-9-7(16-4)5-6-8(12)13-9;1-12-4-2-3-5(7)8-6(4)9(10)11;1-10-4-2-3-5(7)9-6(4)8;6-2-1-3(7)8-5(4(2)10)9(11)12;6-4-2-1-3(9)5(7-4)8(10)11;1-5(2,3)4(6)7;8-4-2-1-3-6-5(4)7(9)10;1-2-3;;;;/h5-6H,1-4H3,(H,13,14,15);5-6H,1-4H3,(H3,12,13,14,15);2-3H,1H3;2-3H,1H3,(H2,8,9);1,10H;1-2,9H;1-3H3;1-3,8H;3H,2H2,1H3;;;1H2;. The number of aromatic hydroxyl groups is 3. The third-order valence-corrected chi connectivity index (χ3v) is 13.2. The molecule has 7 aromatic heterocycles. The van der Waals surface area contributed by atoms with Crippen LogP contribution in [-0.4, -0.2) is 133 Å². The fourth-order valence-corrected chi connectivity index (χ4v) is 7.30. The summed E-state index contributed by atoms with van der Waals surface area (Å²) in [5.74, 6) is -0.153. The van der Waals surface area contributed by atoms with Gasteiger partial charge in [-0.1, -0.05) is 62.3 Å². The van der Waals surface area contributed by atoms with Crippen molar-refractivity contribution in [2.24, 2.45) is 16.2 Å². The van der Waals surface area contributed by atoms with Crippen LogP contribution < -0.4 is 41.0 Å². The van der Waals surface area contributed by atoms with Crippen molar-refractivity contribution in [3.8, 4) is 40.2 Å². The van der Waals surface area contributed by atoms with Gasteiger partial charge in [-0.3, -0.25) is 14.4 Å². The topological polar surface area (TPSA) is 557 Å². The second-order valence-corrected chi connectivity index (χ2v) is 25.8. The zero-order chi connectivity index (χ0) is 77.5. The van der Waals surface area contributed by atoms with Gasteiger partial charge in [-0.05, 0) is 167 Å². The Balaban J connectivity index is -0.000000346. The van der Waals surface area contributed by atoms with Crippen LogP contribution in [0.5, 0.6) is 40.2 Å². The van der Waals surface area contributed by atoms with Crippen LogP contribution >= 0.6 is 107 Å². The summed E-state index contributed by atoms with van der Waals surface area (Å²) in [6, 6.07) is 20.0. The number of hydrogen-bond donors (Lipinski definition) is 8. The van der Waals surface area contributed by atoms with E-state index >= 15 is 0 Å². The predicted octanol–water partition coefficient (Wildman–Crippen LogP) is 12.9. The van der Waals surface area contributed by atoms with Gasteiger partial charge < -0.3 is 107 Å². The molecule has 0 aromatic carbocycles. The molecule has 0 saturated heterocycles. The molecule has 36 nitrogen and oxygen atoms in total. The predicted molar refractivity (Wildman–Crippen MR) is 386 cm³/mol. The molecule has 45 heteroatoms. The van der Waals surface area contributed by atoms with Gasteiger partial charge in [0.15, 0.2) is 34.7 Å². The summed E-state index contributed by atoms with van der Waals surface area (Å²) in [7, 11) is 5.97. The van der Waals surface area contributed by atoms with E-state index in [-0.39, 0.29) is 67.7 Å². The minimum atomic E-state index is -0.759. The van der Waals surface area contributed by atoms with Crippen LogP contribution in [0.15, 0.2) is 113 Å². The number of nitrogens with one attached hydrogen (secondary N) is 2. The molecule has 0 aliphatic carbocycles. The van der Waals surface area contributed by atoms with Crippen molar-refractivity contribution in [2.45, 2.75) is 69.2 Å². The quantitative estimate of drug-likeness (QED) is 0.0207. The van der Waals surface area contributed by atoms with Gasteiger partial charge in [0, 0.05) is 106 Å². The summed E-state index contributed by atoms with van der Waals surface area (Å²) in [4.78, 5) is 97.7. The number of rotatable bonds is 10. The molecular formula is C56H70Br6ClCu2N15O21. The molecule has 566 valence electrons. The van der Waals surface area contributed by atoms with Crippen molar-refractivity contribution in [1.29, 1.82) is 0 Å². The zero-order valence-electron chi connectivity index (χ0n) is 55.4. The van der Waals surface area contributed by atoms with Crippen LogP contribution in [0.4, 0.5) is 46.5 Å². The summed E-state index contributed by atoms with van der Waals surface area (Å²) in [6.07, 6.45) is 1.25. The third kappa shape index (κ3) is 41.8. The van der Waals surface area contributed by atoms with E-state index in [1.54, 1.807) is 77.3 Å². The van der Waals surface area contributed by atoms with E-state index in [9.17, 15) is 54.8 Å². The molecule has 0 saturated carbocycles. The van der Waals surface area contributed by atoms with E-state index in [1.807, 2.05) is 41.5 Å². The van der Waals surface area contributed by atoms with Crippen molar-refractivity contribution < 1.29 is 116 Å². The number of nitrogens with two attached hydrogens (primary N) is 2. The van der Waals surface area contributed by atoms with Gasteiger partial charge in [-0.15, -0.1) is 0 Å². The average Bonchev–Trinajstić information content (AvgIpc) is 0.862. The zero-order valence-corrected chi connectivity index (χ0v) is 67.6. The number of methoxy groups -OCH3 is 4. The molecule has 0 aliphatic heterocycles. The number of pyridine rings is 7. The first-order valence-electron chi connectivity index (χ1n) is 26.6. The molecule has 0 unspecified atom stereocenters. The Labute approximate surface area is 651 Å². The molecule has 0 atom stereocenters. The number of aliphatic hydroxyl groups excluding tert-OH is 1. The van der Waals surface area contributed by atoms with Gasteiger partial charge in [-0.25, -0.2) is 15.0 Å². The van der Waals surface area contributed by atoms with Gasteiger partial charge >= 0.3 is 43.1 Å². The van der Waals surface area contributed by atoms with Crippen LogP contribution in [0.1, 0.15) is 69.2 Å². The summed E-state index contributed by atoms with van der Waals surface area (Å²) in [6.45, 7) is 18.3. The number of aromatic nitrogens is 7. The SMILES string of the molecule is CC(C)(C)C(=O)Cl.CCO.COc1ccc(Br)nc1N.COc1ccc(Br)nc1NC(=O)C(C)(C)C.COc1ccc(Br)nc1[N+](=O)[O-].COc1ccc(N)nc1NC(=O)C(C)(C)C.O.O=[N+]([O-])c1nc(Br)cc(Br)c1O.O=[N+]([O-])c1nc(Br)ccc1O.O=[N+]([O-])c1ncccc1O.[Cu].[O]=[Cu]. The third-order valence-electron chi connectivity index (χ3n) is 9.83. The number of nitrogen functional groups attached to an aromatic ring is 2. The molecule has 2 amide bonds. The van der Waals surface area contributed by atoms with Gasteiger partial charge in [0.2, 0.25) is 53.9 Å². The first-order valence-corrected chi connectivity index (χ1v) is 32.2. The first-order chi connectivity index (χ1) is 45.8. The fraction of sp³-hybridized carbons (Fsp3) is 0.321. The average molecular weight is 1930 g/mol. The molecule has 101 heavy (non-hydrogen) atoms. The van der Waals surface area contributed by atoms with Crippen LogP contribution in [0.3, 0.4) is 0 Å². The molecule has 1 radical (unpaired) electrons. The fourth-order valence-electron chi connectivity index (χ4n) is 4.97. The minimum absolute atomic E-state index is 0. The number of amides is 2. The molecule has 7 rings (SSSR count). The van der Waals surface area contributed by atoms with Gasteiger partial charge in [0.25, 0.3) is 0 Å². The van der Waals surface area contributed by atoms with Crippen LogP contribution in [-0.2, 0) is 51.2 Å². The maximum absolute atomic E-state index is 11.8. The Morgan fingerprint density at radius 1 is 0.525 bits per heavy atom. The normalized spacial score (nSPS) is 9.70. The number of carbonyl (C=O) groups is 3. The summed E-state index contributed by atoms with van der Waals surface area (Å²) in [5.41, 5.74) is 9.69. The number of anilines is 4. The van der Waals surface area contributed by atoms with E-state index in [2.05, 4.69) is 157 Å². The van der Waals surface area contributed by atoms with Crippen molar-refractivity contribution in [3.63, 3.8) is 0 Å². The molecular weight excluding hydrogens is 1860 g/mol. The number of halogens is 7. The number of carbonyl (C=O) groups excluding carboxylic acids is 3. The van der Waals surface area contributed by atoms with Crippen LogP contribution in [0.25, 0.3) is 0 Å². The molecule has 0 aliphatic rings. The van der Waals surface area contributed by atoms with Gasteiger partial charge in [-0.2, -0.15) is 0 Å². The number of nitro groups is 4. The summed E-state index contributed by atoms with van der Waals surface area (Å²) < 4.78 is 30.3. The second-order valence-electron chi connectivity index (χ2n) is 20.6. The first kappa shape index (κ1) is 102. The van der Waals surface area contributed by atoms with E-state index in [0.717, 1.165) is 0 Å². The number of nitrogens with zero attached hydrogens (tertiary/aromatic N) is 11. The summed E-state index contributed by atoms with van der Waals surface area (Å²) >= 11 is 26.3. The summed E-state index contributed by atoms with van der Waals surface area (Å²) in [5, 5.41) is 80.3. The van der Waals surface area contributed by atoms with Crippen molar-refractivity contribution >= 4 is 171 Å². The van der Waals surface area contributed by atoms with Gasteiger partial charge in [0.1, 0.15) is 21.2 Å². The van der Waals surface area contributed by atoms with Crippen LogP contribution in [0.2, 0.25) is 0 Å². The molecule has 7 heterocycles.